The molecule has 0 heterocycles. The van der Waals surface area contributed by atoms with Gasteiger partial charge in [0.25, 0.3) is 0 Å². The SMILES string of the molecule is CCN(Cc1ccccc1)C(CN)c1ccc(Cl)c(F)c1. The summed E-state index contributed by atoms with van der Waals surface area (Å²) in [5.41, 5.74) is 8.00. The Balaban J connectivity index is 2.22. The Morgan fingerprint density at radius 3 is 2.48 bits per heavy atom. The largest absolute Gasteiger partial charge is 0.329 e. The van der Waals surface area contributed by atoms with Crippen molar-refractivity contribution in [3.05, 3.63) is 70.5 Å². The van der Waals surface area contributed by atoms with Crippen molar-refractivity contribution in [3.8, 4) is 0 Å². The lowest BCUT2D eigenvalue weighted by Gasteiger charge is -2.30. The maximum Gasteiger partial charge on any atom is 0.142 e. The summed E-state index contributed by atoms with van der Waals surface area (Å²) in [5, 5.41) is 0.139. The van der Waals surface area contributed by atoms with E-state index < -0.39 is 5.82 Å². The molecule has 2 rings (SSSR count). The zero-order chi connectivity index (χ0) is 15.2. The summed E-state index contributed by atoms with van der Waals surface area (Å²) in [5.74, 6) is -0.400. The summed E-state index contributed by atoms with van der Waals surface area (Å²) in [6, 6.07) is 15.1. The summed E-state index contributed by atoms with van der Waals surface area (Å²) in [7, 11) is 0. The van der Waals surface area contributed by atoms with E-state index in [9.17, 15) is 4.39 Å². The highest BCUT2D eigenvalue weighted by molar-refractivity contribution is 6.30. The molecule has 112 valence electrons. The van der Waals surface area contributed by atoms with E-state index in [1.54, 1.807) is 6.07 Å². The third-order valence-corrected chi connectivity index (χ3v) is 3.93. The van der Waals surface area contributed by atoms with Gasteiger partial charge in [0.15, 0.2) is 0 Å². The summed E-state index contributed by atoms with van der Waals surface area (Å²) in [4.78, 5) is 2.23. The number of nitrogens with two attached hydrogens (primary N) is 1. The summed E-state index contributed by atoms with van der Waals surface area (Å²) >= 11 is 5.75. The van der Waals surface area contributed by atoms with Crippen LogP contribution in [0.3, 0.4) is 0 Å². The second-order valence-electron chi connectivity index (χ2n) is 4.97. The molecule has 2 N–H and O–H groups in total. The second kappa shape index (κ2) is 7.55. The molecule has 0 saturated heterocycles. The molecule has 0 aliphatic rings. The van der Waals surface area contributed by atoms with Crippen LogP contribution in [-0.4, -0.2) is 18.0 Å². The van der Waals surface area contributed by atoms with Gasteiger partial charge in [-0.2, -0.15) is 0 Å². The highest BCUT2D eigenvalue weighted by Gasteiger charge is 2.19. The fraction of sp³-hybridized carbons (Fsp3) is 0.294. The van der Waals surface area contributed by atoms with Gasteiger partial charge in [0.05, 0.1) is 5.02 Å². The molecule has 0 saturated carbocycles. The number of rotatable bonds is 6. The van der Waals surface area contributed by atoms with E-state index in [2.05, 4.69) is 24.0 Å². The first-order valence-corrected chi connectivity index (χ1v) is 7.46. The van der Waals surface area contributed by atoms with Crippen molar-refractivity contribution in [2.24, 2.45) is 5.73 Å². The molecule has 1 atom stereocenters. The van der Waals surface area contributed by atoms with E-state index >= 15 is 0 Å². The van der Waals surface area contributed by atoms with Crippen LogP contribution in [-0.2, 0) is 6.54 Å². The van der Waals surface area contributed by atoms with Crippen LogP contribution < -0.4 is 5.73 Å². The van der Waals surface area contributed by atoms with Gasteiger partial charge in [0, 0.05) is 19.1 Å². The number of nitrogens with zero attached hydrogens (tertiary/aromatic N) is 1. The van der Waals surface area contributed by atoms with Crippen LogP contribution in [0.1, 0.15) is 24.1 Å². The highest BCUT2D eigenvalue weighted by Crippen LogP contribution is 2.25. The van der Waals surface area contributed by atoms with Gasteiger partial charge < -0.3 is 5.73 Å². The number of likely N-dealkylation sites (N-methyl/N-ethyl adjacent to an activating group) is 1. The minimum atomic E-state index is -0.400. The fourth-order valence-electron chi connectivity index (χ4n) is 2.48. The van der Waals surface area contributed by atoms with Crippen LogP contribution in [0, 0.1) is 5.82 Å². The molecule has 2 aromatic rings. The average Bonchev–Trinajstić information content (AvgIpc) is 2.51. The van der Waals surface area contributed by atoms with Crippen molar-refractivity contribution in [3.63, 3.8) is 0 Å². The van der Waals surface area contributed by atoms with Gasteiger partial charge >= 0.3 is 0 Å². The maximum absolute atomic E-state index is 13.7. The van der Waals surface area contributed by atoms with Gasteiger partial charge in [-0.1, -0.05) is 54.9 Å². The number of benzene rings is 2. The van der Waals surface area contributed by atoms with Crippen molar-refractivity contribution >= 4 is 11.6 Å². The Bertz CT molecular complexity index is 574. The number of halogens is 2. The summed E-state index contributed by atoms with van der Waals surface area (Å²) in [6.07, 6.45) is 0. The van der Waals surface area contributed by atoms with Crippen molar-refractivity contribution in [1.82, 2.24) is 4.90 Å². The van der Waals surface area contributed by atoms with Gasteiger partial charge in [0.1, 0.15) is 5.82 Å². The Morgan fingerprint density at radius 1 is 1.19 bits per heavy atom. The van der Waals surface area contributed by atoms with Gasteiger partial charge in [-0.25, -0.2) is 4.39 Å². The normalized spacial score (nSPS) is 12.6. The van der Waals surface area contributed by atoms with Crippen molar-refractivity contribution in [2.45, 2.75) is 19.5 Å². The molecule has 0 aliphatic heterocycles. The topological polar surface area (TPSA) is 29.3 Å². The molecule has 0 aliphatic carbocycles. The van der Waals surface area contributed by atoms with Crippen molar-refractivity contribution in [1.29, 1.82) is 0 Å². The lowest BCUT2D eigenvalue weighted by atomic mass is 10.0. The van der Waals surface area contributed by atoms with Crippen LogP contribution in [0.15, 0.2) is 48.5 Å². The quantitative estimate of drug-likeness (QED) is 0.874. The van der Waals surface area contributed by atoms with Gasteiger partial charge in [-0.05, 0) is 29.8 Å². The third-order valence-electron chi connectivity index (χ3n) is 3.63. The Labute approximate surface area is 130 Å². The molecule has 21 heavy (non-hydrogen) atoms. The molecule has 2 nitrogen and oxygen atoms in total. The van der Waals surface area contributed by atoms with Crippen molar-refractivity contribution in [2.75, 3.05) is 13.1 Å². The predicted octanol–water partition coefficient (Wildman–Crippen LogP) is 4.00. The molecule has 2 aromatic carbocycles. The molecular weight excluding hydrogens is 287 g/mol. The van der Waals surface area contributed by atoms with E-state index in [0.29, 0.717) is 6.54 Å². The van der Waals surface area contributed by atoms with Gasteiger partial charge in [0.2, 0.25) is 0 Å². The van der Waals surface area contributed by atoms with Crippen LogP contribution >= 0.6 is 11.6 Å². The minimum Gasteiger partial charge on any atom is -0.329 e. The molecule has 0 amide bonds. The smallest absolute Gasteiger partial charge is 0.142 e. The van der Waals surface area contributed by atoms with Crippen LogP contribution in [0.25, 0.3) is 0 Å². The van der Waals surface area contributed by atoms with Crippen LogP contribution in [0.2, 0.25) is 5.02 Å². The molecular formula is C17H20ClFN2. The molecule has 0 bridgehead atoms. The number of hydrogen-bond donors (Lipinski definition) is 1. The molecule has 0 radical (unpaired) electrons. The summed E-state index contributed by atoms with van der Waals surface area (Å²) < 4.78 is 13.7. The second-order valence-corrected chi connectivity index (χ2v) is 5.38. The first-order chi connectivity index (χ1) is 10.2. The van der Waals surface area contributed by atoms with E-state index in [0.717, 1.165) is 18.7 Å². The Kier molecular flexibility index (Phi) is 5.74. The third kappa shape index (κ3) is 4.03. The Hall–Kier alpha value is -1.42. The lowest BCUT2D eigenvalue weighted by Crippen LogP contribution is -2.33. The molecule has 1 unspecified atom stereocenters. The zero-order valence-corrected chi connectivity index (χ0v) is 12.9. The minimum absolute atomic E-state index is 0.0260. The lowest BCUT2D eigenvalue weighted by molar-refractivity contribution is 0.203. The highest BCUT2D eigenvalue weighted by atomic mass is 35.5. The fourth-order valence-corrected chi connectivity index (χ4v) is 2.59. The molecule has 0 spiro atoms. The summed E-state index contributed by atoms with van der Waals surface area (Å²) in [6.45, 7) is 4.13. The molecule has 0 fully saturated rings. The average molecular weight is 307 g/mol. The molecule has 4 heteroatoms. The van der Waals surface area contributed by atoms with Gasteiger partial charge in [-0.15, -0.1) is 0 Å². The van der Waals surface area contributed by atoms with Crippen LogP contribution in [0.5, 0.6) is 0 Å². The Morgan fingerprint density at radius 2 is 1.90 bits per heavy atom. The predicted molar refractivity (Wildman–Crippen MR) is 85.7 cm³/mol. The zero-order valence-electron chi connectivity index (χ0n) is 12.1. The van der Waals surface area contributed by atoms with E-state index in [1.807, 2.05) is 24.3 Å². The number of hydrogen-bond acceptors (Lipinski definition) is 2. The van der Waals surface area contributed by atoms with Crippen molar-refractivity contribution < 1.29 is 4.39 Å². The van der Waals surface area contributed by atoms with Gasteiger partial charge in [-0.3, -0.25) is 4.90 Å². The monoisotopic (exact) mass is 306 g/mol. The first-order valence-electron chi connectivity index (χ1n) is 7.08. The van der Waals surface area contributed by atoms with E-state index in [-0.39, 0.29) is 11.1 Å². The van der Waals surface area contributed by atoms with Crippen LogP contribution in [0.4, 0.5) is 4.39 Å². The molecule has 0 aromatic heterocycles. The maximum atomic E-state index is 13.7. The van der Waals surface area contributed by atoms with E-state index in [4.69, 9.17) is 17.3 Å². The van der Waals surface area contributed by atoms with E-state index in [1.165, 1.54) is 11.6 Å². The standard InChI is InChI=1S/C17H20ClFN2/c1-2-21(12-13-6-4-3-5-7-13)17(11-20)14-8-9-15(18)16(19)10-14/h3-10,17H,2,11-12,20H2,1H3. The first kappa shape index (κ1) is 16.0.